The number of carbonyl (C=O) groups is 1. The second-order valence-electron chi connectivity index (χ2n) is 4.98. The van der Waals surface area contributed by atoms with Crippen LogP contribution in [-0.2, 0) is 4.79 Å². The number of phenolic OH excluding ortho intramolecular Hbond substituents is 1. The van der Waals surface area contributed by atoms with E-state index in [0.29, 0.717) is 5.56 Å². The van der Waals surface area contributed by atoms with Gasteiger partial charge in [0, 0.05) is 10.0 Å². The average molecular weight is 371 g/mol. The van der Waals surface area contributed by atoms with E-state index in [9.17, 15) is 15.2 Å². The topological polar surface area (TPSA) is 73.1 Å². The Hall–Kier alpha value is -2.58. The Kier molecular flexibility index (Phi) is 5.56. The molecule has 0 spiro atoms. The SMILES string of the molecule is CC(NC(=O)/C(C#N)=C\c1cc(Br)ccc1O)c1ccccc1. The molecule has 0 aliphatic heterocycles. The van der Waals surface area contributed by atoms with Crippen molar-refractivity contribution in [1.82, 2.24) is 5.32 Å². The zero-order valence-corrected chi connectivity index (χ0v) is 14.0. The van der Waals surface area contributed by atoms with E-state index in [1.165, 1.54) is 12.1 Å². The highest BCUT2D eigenvalue weighted by Gasteiger charge is 2.14. The lowest BCUT2D eigenvalue weighted by atomic mass is 10.1. The Morgan fingerprint density at radius 3 is 2.65 bits per heavy atom. The van der Waals surface area contributed by atoms with Crippen molar-refractivity contribution in [3.05, 3.63) is 69.7 Å². The standard InChI is InChI=1S/C18H15BrN2O2/c1-12(13-5-3-2-4-6-13)21-18(23)15(11-20)9-14-10-16(19)7-8-17(14)22/h2-10,12,22H,1H3,(H,21,23)/b15-9-. The van der Waals surface area contributed by atoms with Crippen LogP contribution >= 0.6 is 15.9 Å². The minimum Gasteiger partial charge on any atom is -0.507 e. The summed E-state index contributed by atoms with van der Waals surface area (Å²) in [4.78, 5) is 12.3. The molecule has 116 valence electrons. The van der Waals surface area contributed by atoms with Gasteiger partial charge in [-0.25, -0.2) is 0 Å². The number of nitrogens with zero attached hydrogens (tertiary/aromatic N) is 1. The van der Waals surface area contributed by atoms with Gasteiger partial charge in [0.1, 0.15) is 17.4 Å². The van der Waals surface area contributed by atoms with Crippen LogP contribution in [0.4, 0.5) is 0 Å². The summed E-state index contributed by atoms with van der Waals surface area (Å²) in [6, 6.07) is 15.9. The molecule has 0 saturated heterocycles. The van der Waals surface area contributed by atoms with E-state index in [1.54, 1.807) is 12.1 Å². The zero-order valence-electron chi connectivity index (χ0n) is 12.5. The van der Waals surface area contributed by atoms with Crippen molar-refractivity contribution < 1.29 is 9.90 Å². The van der Waals surface area contributed by atoms with Crippen LogP contribution in [0.3, 0.4) is 0 Å². The Morgan fingerprint density at radius 2 is 2.00 bits per heavy atom. The Balaban J connectivity index is 2.20. The van der Waals surface area contributed by atoms with Gasteiger partial charge in [-0.05, 0) is 36.8 Å². The van der Waals surface area contributed by atoms with Gasteiger partial charge in [-0.1, -0.05) is 46.3 Å². The average Bonchev–Trinajstić information content (AvgIpc) is 2.56. The highest BCUT2D eigenvalue weighted by molar-refractivity contribution is 9.10. The minimum atomic E-state index is -0.483. The first-order valence-corrected chi connectivity index (χ1v) is 7.76. The van der Waals surface area contributed by atoms with Crippen molar-refractivity contribution in [3.8, 4) is 11.8 Å². The summed E-state index contributed by atoms with van der Waals surface area (Å²) < 4.78 is 0.747. The van der Waals surface area contributed by atoms with E-state index in [2.05, 4.69) is 21.2 Å². The molecule has 2 aromatic rings. The van der Waals surface area contributed by atoms with E-state index in [0.717, 1.165) is 10.0 Å². The van der Waals surface area contributed by atoms with Gasteiger partial charge in [0.25, 0.3) is 5.91 Å². The van der Waals surface area contributed by atoms with Gasteiger partial charge in [-0.3, -0.25) is 4.79 Å². The predicted molar refractivity (Wildman–Crippen MR) is 92.4 cm³/mol. The number of hydrogen-bond acceptors (Lipinski definition) is 3. The van der Waals surface area contributed by atoms with Gasteiger partial charge in [0.15, 0.2) is 0 Å². The maximum absolute atomic E-state index is 12.3. The summed E-state index contributed by atoms with van der Waals surface area (Å²) in [6.45, 7) is 1.85. The first-order chi connectivity index (χ1) is 11.0. The van der Waals surface area contributed by atoms with E-state index >= 15 is 0 Å². The number of rotatable bonds is 4. The number of phenols is 1. The van der Waals surface area contributed by atoms with Gasteiger partial charge in [-0.15, -0.1) is 0 Å². The Bertz CT molecular complexity index is 779. The summed E-state index contributed by atoms with van der Waals surface area (Å²) in [5, 5.41) is 21.8. The molecule has 0 saturated carbocycles. The third kappa shape index (κ3) is 4.44. The van der Waals surface area contributed by atoms with Crippen LogP contribution < -0.4 is 5.32 Å². The van der Waals surface area contributed by atoms with Crippen molar-refractivity contribution in [1.29, 1.82) is 5.26 Å². The smallest absolute Gasteiger partial charge is 0.262 e. The summed E-state index contributed by atoms with van der Waals surface area (Å²) in [5.41, 5.74) is 1.28. The van der Waals surface area contributed by atoms with Crippen molar-refractivity contribution in [2.24, 2.45) is 0 Å². The van der Waals surface area contributed by atoms with Gasteiger partial charge >= 0.3 is 0 Å². The van der Waals surface area contributed by atoms with E-state index in [4.69, 9.17) is 0 Å². The van der Waals surface area contributed by atoms with Gasteiger partial charge in [-0.2, -0.15) is 5.26 Å². The summed E-state index contributed by atoms with van der Waals surface area (Å²) in [7, 11) is 0. The summed E-state index contributed by atoms with van der Waals surface area (Å²) in [6.07, 6.45) is 1.37. The molecule has 0 radical (unpaired) electrons. The third-order valence-corrected chi connectivity index (χ3v) is 3.79. The second-order valence-corrected chi connectivity index (χ2v) is 5.89. The summed E-state index contributed by atoms with van der Waals surface area (Å²) in [5.74, 6) is -0.479. The van der Waals surface area contributed by atoms with E-state index in [1.807, 2.05) is 43.3 Å². The van der Waals surface area contributed by atoms with Crippen molar-refractivity contribution in [2.75, 3.05) is 0 Å². The molecule has 0 bridgehead atoms. The van der Waals surface area contributed by atoms with Crippen molar-refractivity contribution >= 4 is 27.9 Å². The maximum atomic E-state index is 12.3. The number of aromatic hydroxyl groups is 1. The lowest BCUT2D eigenvalue weighted by Gasteiger charge is -2.13. The monoisotopic (exact) mass is 370 g/mol. The summed E-state index contributed by atoms with van der Waals surface area (Å²) >= 11 is 3.29. The molecule has 0 aromatic heterocycles. The fourth-order valence-electron chi connectivity index (χ4n) is 2.04. The molecule has 1 atom stereocenters. The number of nitriles is 1. The number of amides is 1. The molecule has 2 rings (SSSR count). The molecule has 0 fully saturated rings. The predicted octanol–water partition coefficient (Wildman–Crippen LogP) is 3.94. The number of hydrogen-bond donors (Lipinski definition) is 2. The van der Waals surface area contributed by atoms with Crippen LogP contribution in [0.1, 0.15) is 24.1 Å². The van der Waals surface area contributed by atoms with Crippen molar-refractivity contribution in [3.63, 3.8) is 0 Å². The van der Waals surface area contributed by atoms with Crippen molar-refractivity contribution in [2.45, 2.75) is 13.0 Å². The van der Waals surface area contributed by atoms with Crippen LogP contribution in [0.15, 0.2) is 58.6 Å². The molecule has 5 heteroatoms. The van der Waals surface area contributed by atoms with Crippen LogP contribution in [0.2, 0.25) is 0 Å². The first kappa shape index (κ1) is 16.8. The fourth-order valence-corrected chi connectivity index (χ4v) is 2.42. The quantitative estimate of drug-likeness (QED) is 0.632. The highest BCUT2D eigenvalue weighted by atomic mass is 79.9. The number of benzene rings is 2. The van der Waals surface area contributed by atoms with Crippen LogP contribution in [0, 0.1) is 11.3 Å². The largest absolute Gasteiger partial charge is 0.507 e. The maximum Gasteiger partial charge on any atom is 0.262 e. The molecule has 2 N–H and O–H groups in total. The normalized spacial score (nSPS) is 12.3. The van der Waals surface area contributed by atoms with E-state index < -0.39 is 5.91 Å². The Morgan fingerprint density at radius 1 is 1.30 bits per heavy atom. The molecular weight excluding hydrogens is 356 g/mol. The molecular formula is C18H15BrN2O2. The van der Waals surface area contributed by atoms with Crippen LogP contribution in [0.5, 0.6) is 5.75 Å². The van der Waals surface area contributed by atoms with Crippen LogP contribution in [0.25, 0.3) is 6.08 Å². The van der Waals surface area contributed by atoms with E-state index in [-0.39, 0.29) is 17.4 Å². The highest BCUT2D eigenvalue weighted by Crippen LogP contribution is 2.24. The van der Waals surface area contributed by atoms with Gasteiger partial charge < -0.3 is 10.4 Å². The first-order valence-electron chi connectivity index (χ1n) is 6.97. The lowest BCUT2D eigenvalue weighted by molar-refractivity contribution is -0.117. The second kappa shape index (κ2) is 7.61. The zero-order chi connectivity index (χ0) is 16.8. The minimum absolute atomic E-state index is 0.00450. The lowest BCUT2D eigenvalue weighted by Crippen LogP contribution is -2.27. The number of halogens is 1. The van der Waals surface area contributed by atoms with Crippen LogP contribution in [-0.4, -0.2) is 11.0 Å². The molecule has 23 heavy (non-hydrogen) atoms. The molecule has 0 aliphatic carbocycles. The molecule has 4 nitrogen and oxygen atoms in total. The molecule has 1 unspecified atom stereocenters. The fraction of sp³-hybridized carbons (Fsp3) is 0.111. The van der Waals surface area contributed by atoms with Gasteiger partial charge in [0.05, 0.1) is 6.04 Å². The number of nitrogens with one attached hydrogen (secondary N) is 1. The van der Waals surface area contributed by atoms with Gasteiger partial charge in [0.2, 0.25) is 0 Å². The molecule has 1 amide bonds. The molecule has 0 heterocycles. The number of carbonyl (C=O) groups excluding carboxylic acids is 1. The molecule has 0 aliphatic rings. The Labute approximate surface area is 143 Å². The molecule has 2 aromatic carbocycles. The third-order valence-electron chi connectivity index (χ3n) is 3.30.